The first-order valence-corrected chi connectivity index (χ1v) is 6.11. The van der Waals surface area contributed by atoms with Crippen LogP contribution in [0.25, 0.3) is 0 Å². The summed E-state index contributed by atoms with van der Waals surface area (Å²) < 4.78 is 13.3. The van der Waals surface area contributed by atoms with E-state index in [1.165, 1.54) is 12.1 Å². The summed E-state index contributed by atoms with van der Waals surface area (Å²) >= 11 is 0. The number of benzene rings is 1. The molecule has 7 heteroatoms. The molecule has 0 aliphatic carbocycles. The molecule has 4 amide bonds. The molecular formula is C13H14FN3O3. The molecule has 1 aliphatic rings. The number of aryl methyl sites for hydroxylation is 1. The first kappa shape index (κ1) is 14.0. The highest BCUT2D eigenvalue weighted by Crippen LogP contribution is 2.09. The standard InChI is InChI=1S/C13H14FN3O3/c1-8-2-3-9(6-10(8)14)12(19)15-4-5-17-11(18)7-16-13(17)20/h2-3,6H,4-5,7H2,1H3,(H,15,19)(H,16,20). The van der Waals surface area contributed by atoms with E-state index in [1.54, 1.807) is 6.92 Å². The van der Waals surface area contributed by atoms with Crippen molar-refractivity contribution in [1.29, 1.82) is 0 Å². The third-order valence-corrected chi connectivity index (χ3v) is 2.99. The molecule has 1 aliphatic heterocycles. The molecule has 2 N–H and O–H groups in total. The van der Waals surface area contributed by atoms with E-state index in [1.807, 2.05) is 0 Å². The smallest absolute Gasteiger partial charge is 0.324 e. The molecule has 1 aromatic carbocycles. The van der Waals surface area contributed by atoms with Crippen LogP contribution in [0.2, 0.25) is 0 Å². The number of rotatable bonds is 4. The summed E-state index contributed by atoms with van der Waals surface area (Å²) in [4.78, 5) is 35.3. The molecule has 6 nitrogen and oxygen atoms in total. The summed E-state index contributed by atoms with van der Waals surface area (Å²) in [5.74, 6) is -1.23. The van der Waals surface area contributed by atoms with Crippen molar-refractivity contribution >= 4 is 17.8 Å². The van der Waals surface area contributed by atoms with E-state index < -0.39 is 17.8 Å². The molecule has 1 saturated heterocycles. The maximum Gasteiger partial charge on any atom is 0.324 e. The van der Waals surface area contributed by atoms with Crippen molar-refractivity contribution in [3.8, 4) is 0 Å². The average Bonchev–Trinajstić information content (AvgIpc) is 2.73. The Labute approximate surface area is 114 Å². The van der Waals surface area contributed by atoms with Crippen LogP contribution in [-0.4, -0.2) is 42.4 Å². The normalized spacial score (nSPS) is 14.4. The van der Waals surface area contributed by atoms with Crippen LogP contribution in [0.4, 0.5) is 9.18 Å². The largest absolute Gasteiger partial charge is 0.350 e. The van der Waals surface area contributed by atoms with Gasteiger partial charge in [0.15, 0.2) is 0 Å². The van der Waals surface area contributed by atoms with Crippen LogP contribution in [0, 0.1) is 12.7 Å². The monoisotopic (exact) mass is 279 g/mol. The fourth-order valence-corrected chi connectivity index (χ4v) is 1.80. The number of nitrogens with one attached hydrogen (secondary N) is 2. The number of amides is 4. The van der Waals surface area contributed by atoms with E-state index in [4.69, 9.17) is 0 Å². The highest BCUT2D eigenvalue weighted by atomic mass is 19.1. The molecule has 0 unspecified atom stereocenters. The number of imide groups is 1. The zero-order valence-corrected chi connectivity index (χ0v) is 10.9. The van der Waals surface area contributed by atoms with Crippen LogP contribution in [0.5, 0.6) is 0 Å². The summed E-state index contributed by atoms with van der Waals surface area (Å²) in [7, 11) is 0. The number of carbonyl (C=O) groups excluding carboxylic acids is 3. The molecule has 1 fully saturated rings. The Bertz CT molecular complexity index is 558. The Balaban J connectivity index is 1.87. The van der Waals surface area contributed by atoms with Crippen LogP contribution in [0.3, 0.4) is 0 Å². The quantitative estimate of drug-likeness (QED) is 0.784. The molecule has 20 heavy (non-hydrogen) atoms. The van der Waals surface area contributed by atoms with Crippen molar-refractivity contribution in [3.05, 3.63) is 35.1 Å². The third kappa shape index (κ3) is 2.93. The number of hydrogen-bond acceptors (Lipinski definition) is 3. The van der Waals surface area contributed by atoms with Gasteiger partial charge in [-0.3, -0.25) is 14.5 Å². The number of carbonyl (C=O) groups is 3. The van der Waals surface area contributed by atoms with Crippen molar-refractivity contribution < 1.29 is 18.8 Å². The van der Waals surface area contributed by atoms with Crippen molar-refractivity contribution in [2.24, 2.45) is 0 Å². The minimum absolute atomic E-state index is 0.0179. The second-order valence-corrected chi connectivity index (χ2v) is 4.42. The van der Waals surface area contributed by atoms with Crippen molar-refractivity contribution in [1.82, 2.24) is 15.5 Å². The van der Waals surface area contributed by atoms with Gasteiger partial charge in [0.2, 0.25) is 5.91 Å². The molecule has 106 valence electrons. The molecule has 0 saturated carbocycles. The maximum absolute atomic E-state index is 13.3. The summed E-state index contributed by atoms with van der Waals surface area (Å²) in [6.07, 6.45) is 0. The lowest BCUT2D eigenvalue weighted by atomic mass is 10.1. The zero-order valence-electron chi connectivity index (χ0n) is 10.9. The highest BCUT2D eigenvalue weighted by Gasteiger charge is 2.27. The zero-order chi connectivity index (χ0) is 14.7. The van der Waals surface area contributed by atoms with E-state index in [9.17, 15) is 18.8 Å². The number of halogens is 1. The summed E-state index contributed by atoms with van der Waals surface area (Å²) in [5.41, 5.74) is 0.659. The molecule has 0 spiro atoms. The molecule has 0 radical (unpaired) electrons. The molecule has 0 aromatic heterocycles. The lowest BCUT2D eigenvalue weighted by Crippen LogP contribution is -2.38. The van der Waals surface area contributed by atoms with Gasteiger partial charge in [-0.05, 0) is 24.6 Å². The van der Waals surface area contributed by atoms with Gasteiger partial charge < -0.3 is 10.6 Å². The Hall–Kier alpha value is -2.44. The SMILES string of the molecule is Cc1ccc(C(=O)NCCN2C(=O)CNC2=O)cc1F. The Morgan fingerprint density at radius 3 is 2.80 bits per heavy atom. The molecule has 0 atom stereocenters. The van der Waals surface area contributed by atoms with Gasteiger partial charge in [0.1, 0.15) is 5.82 Å². The lowest BCUT2D eigenvalue weighted by molar-refractivity contribution is -0.124. The van der Waals surface area contributed by atoms with Gasteiger partial charge >= 0.3 is 6.03 Å². The predicted molar refractivity (Wildman–Crippen MR) is 68.6 cm³/mol. The second-order valence-electron chi connectivity index (χ2n) is 4.42. The predicted octanol–water partition coefficient (Wildman–Crippen LogP) is 0.416. The van der Waals surface area contributed by atoms with Gasteiger partial charge in [0.05, 0.1) is 6.54 Å². The van der Waals surface area contributed by atoms with E-state index in [-0.39, 0.29) is 31.1 Å². The van der Waals surface area contributed by atoms with Gasteiger partial charge in [0.25, 0.3) is 5.91 Å². The number of hydrogen-bond donors (Lipinski definition) is 2. The van der Waals surface area contributed by atoms with E-state index in [0.717, 1.165) is 11.0 Å². The van der Waals surface area contributed by atoms with Gasteiger partial charge in [-0.15, -0.1) is 0 Å². The fourth-order valence-electron chi connectivity index (χ4n) is 1.80. The third-order valence-electron chi connectivity index (χ3n) is 2.99. The van der Waals surface area contributed by atoms with Gasteiger partial charge in [-0.2, -0.15) is 0 Å². The minimum Gasteiger partial charge on any atom is -0.350 e. The average molecular weight is 279 g/mol. The highest BCUT2D eigenvalue weighted by molar-refractivity contribution is 6.02. The Morgan fingerprint density at radius 2 is 2.20 bits per heavy atom. The van der Waals surface area contributed by atoms with Crippen LogP contribution >= 0.6 is 0 Å². The van der Waals surface area contributed by atoms with Gasteiger partial charge in [0, 0.05) is 18.7 Å². The Morgan fingerprint density at radius 1 is 1.45 bits per heavy atom. The number of urea groups is 1. The van der Waals surface area contributed by atoms with Crippen LogP contribution in [0.15, 0.2) is 18.2 Å². The van der Waals surface area contributed by atoms with Crippen molar-refractivity contribution in [2.45, 2.75) is 6.92 Å². The molecule has 0 bridgehead atoms. The van der Waals surface area contributed by atoms with Gasteiger partial charge in [-0.1, -0.05) is 6.07 Å². The summed E-state index contributed by atoms with van der Waals surface area (Å²) in [6, 6.07) is 3.72. The van der Waals surface area contributed by atoms with Crippen LogP contribution < -0.4 is 10.6 Å². The second kappa shape index (κ2) is 5.68. The van der Waals surface area contributed by atoms with Crippen LogP contribution in [0.1, 0.15) is 15.9 Å². The summed E-state index contributed by atoms with van der Waals surface area (Å²) in [5, 5.41) is 4.91. The molecule has 1 heterocycles. The summed E-state index contributed by atoms with van der Waals surface area (Å²) in [6.45, 7) is 1.79. The van der Waals surface area contributed by atoms with Crippen LogP contribution in [-0.2, 0) is 4.79 Å². The minimum atomic E-state index is -0.467. The van der Waals surface area contributed by atoms with Crippen molar-refractivity contribution in [2.75, 3.05) is 19.6 Å². The first-order chi connectivity index (χ1) is 9.49. The van der Waals surface area contributed by atoms with E-state index in [0.29, 0.717) is 5.56 Å². The maximum atomic E-state index is 13.3. The van der Waals surface area contributed by atoms with Gasteiger partial charge in [-0.25, -0.2) is 9.18 Å². The molecule has 2 rings (SSSR count). The fraction of sp³-hybridized carbons (Fsp3) is 0.308. The molecule has 1 aromatic rings. The van der Waals surface area contributed by atoms with Crippen molar-refractivity contribution in [3.63, 3.8) is 0 Å². The van der Waals surface area contributed by atoms with E-state index >= 15 is 0 Å². The first-order valence-electron chi connectivity index (χ1n) is 6.11. The Kier molecular flexibility index (Phi) is 3.97. The van der Waals surface area contributed by atoms with E-state index in [2.05, 4.69) is 10.6 Å². The number of nitrogens with zero attached hydrogens (tertiary/aromatic N) is 1. The lowest BCUT2D eigenvalue weighted by Gasteiger charge is -2.12. The molecular weight excluding hydrogens is 265 g/mol. The topological polar surface area (TPSA) is 78.5 Å².